The number of halogens is 1. The van der Waals surface area contributed by atoms with Crippen molar-refractivity contribution < 1.29 is 5.11 Å². The second kappa shape index (κ2) is 5.87. The van der Waals surface area contributed by atoms with E-state index in [1.54, 1.807) is 0 Å². The van der Waals surface area contributed by atoms with E-state index in [-0.39, 0.29) is 0 Å². The number of phenolic OH excluding ortho intramolecular Hbond substituents is 1. The second-order valence-corrected chi connectivity index (χ2v) is 5.60. The SMILES string of the molecule is CCN(Cc1cccc(Br)c1O)C1CCCC1. The van der Waals surface area contributed by atoms with Crippen LogP contribution in [0.15, 0.2) is 22.7 Å². The average molecular weight is 298 g/mol. The van der Waals surface area contributed by atoms with Crippen LogP contribution in [0.3, 0.4) is 0 Å². The predicted molar refractivity (Wildman–Crippen MR) is 74.1 cm³/mol. The molecule has 3 heteroatoms. The molecule has 1 aliphatic rings. The Bertz CT molecular complexity index is 374. The summed E-state index contributed by atoms with van der Waals surface area (Å²) in [6.07, 6.45) is 5.32. The monoisotopic (exact) mass is 297 g/mol. The van der Waals surface area contributed by atoms with Crippen LogP contribution >= 0.6 is 15.9 Å². The molecule has 1 aliphatic carbocycles. The van der Waals surface area contributed by atoms with E-state index < -0.39 is 0 Å². The molecule has 0 bridgehead atoms. The van der Waals surface area contributed by atoms with Crippen LogP contribution in [0.1, 0.15) is 38.2 Å². The summed E-state index contributed by atoms with van der Waals surface area (Å²) in [7, 11) is 0. The van der Waals surface area contributed by atoms with Gasteiger partial charge in [-0.1, -0.05) is 31.9 Å². The van der Waals surface area contributed by atoms with Crippen molar-refractivity contribution in [1.82, 2.24) is 4.90 Å². The van der Waals surface area contributed by atoms with E-state index in [1.807, 2.05) is 18.2 Å². The van der Waals surface area contributed by atoms with Gasteiger partial charge in [-0.15, -0.1) is 0 Å². The van der Waals surface area contributed by atoms with Gasteiger partial charge in [0, 0.05) is 18.2 Å². The lowest BCUT2D eigenvalue weighted by molar-refractivity contribution is 0.198. The van der Waals surface area contributed by atoms with Crippen molar-refractivity contribution in [2.45, 2.75) is 45.2 Å². The van der Waals surface area contributed by atoms with Gasteiger partial charge in [-0.3, -0.25) is 4.90 Å². The summed E-state index contributed by atoms with van der Waals surface area (Å²) in [6, 6.07) is 6.59. The summed E-state index contributed by atoms with van der Waals surface area (Å²) < 4.78 is 0.789. The maximum Gasteiger partial charge on any atom is 0.134 e. The van der Waals surface area contributed by atoms with E-state index in [9.17, 15) is 5.11 Å². The maximum atomic E-state index is 10.0. The van der Waals surface area contributed by atoms with Crippen molar-refractivity contribution in [2.24, 2.45) is 0 Å². The minimum Gasteiger partial charge on any atom is -0.506 e. The number of hydrogen-bond acceptors (Lipinski definition) is 2. The fourth-order valence-electron chi connectivity index (χ4n) is 2.67. The van der Waals surface area contributed by atoms with E-state index in [4.69, 9.17) is 0 Å². The third kappa shape index (κ3) is 3.02. The molecule has 1 fully saturated rings. The lowest BCUT2D eigenvalue weighted by Crippen LogP contribution is -2.32. The topological polar surface area (TPSA) is 23.5 Å². The van der Waals surface area contributed by atoms with E-state index in [0.717, 1.165) is 23.1 Å². The highest BCUT2D eigenvalue weighted by atomic mass is 79.9. The van der Waals surface area contributed by atoms with E-state index in [0.29, 0.717) is 11.8 Å². The molecule has 94 valence electrons. The Kier molecular flexibility index (Phi) is 4.46. The van der Waals surface area contributed by atoms with Gasteiger partial charge in [-0.2, -0.15) is 0 Å². The number of benzene rings is 1. The Labute approximate surface area is 112 Å². The van der Waals surface area contributed by atoms with Crippen LogP contribution in [0, 0.1) is 0 Å². The zero-order valence-corrected chi connectivity index (χ0v) is 11.9. The summed E-state index contributed by atoms with van der Waals surface area (Å²) in [5, 5.41) is 10.0. The summed E-state index contributed by atoms with van der Waals surface area (Å²) >= 11 is 3.37. The Morgan fingerprint density at radius 1 is 1.35 bits per heavy atom. The van der Waals surface area contributed by atoms with Crippen molar-refractivity contribution >= 4 is 15.9 Å². The molecule has 2 nitrogen and oxygen atoms in total. The molecule has 1 aromatic carbocycles. The van der Waals surface area contributed by atoms with Gasteiger partial charge in [0.2, 0.25) is 0 Å². The maximum absolute atomic E-state index is 10.0. The molecular formula is C14H20BrNO. The van der Waals surface area contributed by atoms with Crippen LogP contribution in [0.4, 0.5) is 0 Å². The van der Waals surface area contributed by atoms with Crippen LogP contribution in [0.5, 0.6) is 5.75 Å². The molecule has 2 rings (SSSR count). The summed E-state index contributed by atoms with van der Waals surface area (Å²) in [5.74, 6) is 0.393. The standard InChI is InChI=1S/C14H20BrNO/c1-2-16(12-7-3-4-8-12)10-11-6-5-9-13(15)14(11)17/h5-6,9,12,17H,2-4,7-8,10H2,1H3. The Balaban J connectivity index is 2.09. The number of rotatable bonds is 4. The minimum atomic E-state index is 0.393. The van der Waals surface area contributed by atoms with Gasteiger partial charge < -0.3 is 5.11 Å². The van der Waals surface area contributed by atoms with Gasteiger partial charge in [0.15, 0.2) is 0 Å². The lowest BCUT2D eigenvalue weighted by Gasteiger charge is -2.27. The Hall–Kier alpha value is -0.540. The highest BCUT2D eigenvalue weighted by Gasteiger charge is 2.22. The molecule has 0 atom stereocenters. The lowest BCUT2D eigenvalue weighted by atomic mass is 10.1. The van der Waals surface area contributed by atoms with Crippen LogP contribution in [0.25, 0.3) is 0 Å². The van der Waals surface area contributed by atoms with Crippen molar-refractivity contribution in [3.63, 3.8) is 0 Å². The van der Waals surface area contributed by atoms with Gasteiger partial charge in [0.1, 0.15) is 5.75 Å². The van der Waals surface area contributed by atoms with Crippen molar-refractivity contribution in [3.05, 3.63) is 28.2 Å². The normalized spacial score (nSPS) is 16.9. The predicted octanol–water partition coefficient (Wildman–Crippen LogP) is 3.92. The summed E-state index contributed by atoms with van der Waals surface area (Å²) in [6.45, 7) is 4.11. The van der Waals surface area contributed by atoms with E-state index >= 15 is 0 Å². The highest BCUT2D eigenvalue weighted by molar-refractivity contribution is 9.10. The van der Waals surface area contributed by atoms with E-state index in [1.165, 1.54) is 25.7 Å². The van der Waals surface area contributed by atoms with Crippen molar-refractivity contribution in [1.29, 1.82) is 0 Å². The minimum absolute atomic E-state index is 0.393. The third-order valence-corrected chi connectivity index (χ3v) is 4.33. The zero-order chi connectivity index (χ0) is 12.3. The first-order valence-corrected chi connectivity index (χ1v) is 7.22. The van der Waals surface area contributed by atoms with Crippen LogP contribution in [-0.2, 0) is 6.54 Å². The van der Waals surface area contributed by atoms with Gasteiger partial charge in [-0.05, 0) is 41.4 Å². The smallest absolute Gasteiger partial charge is 0.134 e. The quantitative estimate of drug-likeness (QED) is 0.910. The van der Waals surface area contributed by atoms with Crippen molar-refractivity contribution in [2.75, 3.05) is 6.54 Å². The van der Waals surface area contributed by atoms with Crippen molar-refractivity contribution in [3.8, 4) is 5.75 Å². The van der Waals surface area contributed by atoms with Gasteiger partial charge in [0.25, 0.3) is 0 Å². The molecule has 1 N–H and O–H groups in total. The number of phenols is 1. The molecule has 0 aliphatic heterocycles. The first-order chi connectivity index (χ1) is 8.22. The third-order valence-electron chi connectivity index (χ3n) is 3.69. The highest BCUT2D eigenvalue weighted by Crippen LogP contribution is 2.30. The molecular weight excluding hydrogens is 278 g/mol. The number of hydrogen-bond donors (Lipinski definition) is 1. The summed E-state index contributed by atoms with van der Waals surface area (Å²) in [5.41, 5.74) is 1.02. The van der Waals surface area contributed by atoms with Crippen LogP contribution in [-0.4, -0.2) is 22.6 Å². The average Bonchev–Trinajstić information content (AvgIpc) is 2.85. The number of para-hydroxylation sites is 1. The van der Waals surface area contributed by atoms with Gasteiger partial charge >= 0.3 is 0 Å². The molecule has 0 aromatic heterocycles. The van der Waals surface area contributed by atoms with Crippen LogP contribution < -0.4 is 0 Å². The molecule has 17 heavy (non-hydrogen) atoms. The second-order valence-electron chi connectivity index (χ2n) is 4.75. The molecule has 0 radical (unpaired) electrons. The Morgan fingerprint density at radius 2 is 2.06 bits per heavy atom. The zero-order valence-electron chi connectivity index (χ0n) is 10.3. The fourth-order valence-corrected chi connectivity index (χ4v) is 3.08. The van der Waals surface area contributed by atoms with Crippen LogP contribution in [0.2, 0.25) is 0 Å². The fraction of sp³-hybridized carbons (Fsp3) is 0.571. The molecule has 0 spiro atoms. The molecule has 0 heterocycles. The molecule has 0 saturated heterocycles. The number of nitrogens with zero attached hydrogens (tertiary/aromatic N) is 1. The van der Waals surface area contributed by atoms with Gasteiger partial charge in [0.05, 0.1) is 4.47 Å². The van der Waals surface area contributed by atoms with E-state index in [2.05, 4.69) is 27.8 Å². The molecule has 1 aromatic rings. The first kappa shape index (κ1) is 12.9. The summed E-state index contributed by atoms with van der Waals surface area (Å²) in [4.78, 5) is 2.48. The number of aromatic hydroxyl groups is 1. The molecule has 0 amide bonds. The molecule has 1 saturated carbocycles. The largest absolute Gasteiger partial charge is 0.506 e. The Morgan fingerprint density at radius 3 is 2.71 bits per heavy atom. The molecule has 0 unspecified atom stereocenters. The van der Waals surface area contributed by atoms with Gasteiger partial charge in [-0.25, -0.2) is 0 Å². The first-order valence-electron chi connectivity index (χ1n) is 6.42.